The number of para-hydroxylation sites is 1. The van der Waals surface area contributed by atoms with Crippen molar-refractivity contribution in [2.24, 2.45) is 0 Å². The summed E-state index contributed by atoms with van der Waals surface area (Å²) in [5.74, 6) is 0.0480. The molecule has 1 amide bonds. The molecule has 19 heavy (non-hydrogen) atoms. The van der Waals surface area contributed by atoms with Crippen molar-refractivity contribution in [3.63, 3.8) is 0 Å². The number of benzene rings is 1. The van der Waals surface area contributed by atoms with Gasteiger partial charge in [0.1, 0.15) is 0 Å². The van der Waals surface area contributed by atoms with Gasteiger partial charge in [0, 0.05) is 6.04 Å². The summed E-state index contributed by atoms with van der Waals surface area (Å²) in [6.07, 6.45) is 7.26. The number of rotatable bonds is 4. The molecule has 0 aromatic heterocycles. The second kappa shape index (κ2) is 7.39. The Morgan fingerprint density at radius 3 is 2.53 bits per heavy atom. The first-order chi connectivity index (χ1) is 9.25. The molecule has 0 spiro atoms. The van der Waals surface area contributed by atoms with Crippen molar-refractivity contribution < 1.29 is 4.79 Å². The van der Waals surface area contributed by atoms with Gasteiger partial charge in [-0.25, -0.2) is 0 Å². The van der Waals surface area contributed by atoms with E-state index in [0.29, 0.717) is 11.1 Å². The Kier molecular flexibility index (Phi) is 5.52. The van der Waals surface area contributed by atoms with Crippen LogP contribution in [0.3, 0.4) is 0 Å². The number of halogens is 1. The number of hydrogen-bond acceptors (Lipinski definition) is 2. The molecule has 1 fully saturated rings. The first-order valence-corrected chi connectivity index (χ1v) is 7.41. The summed E-state index contributed by atoms with van der Waals surface area (Å²) in [5.41, 5.74) is 0.806. The standard InChI is InChI=1S/C15H21ClN2O/c16-13-9-5-6-10-14(13)17-11-15(19)18-12-7-3-1-2-4-8-12/h5-6,9-10,12,17H,1-4,7-8,11H2,(H,18,19). The van der Waals surface area contributed by atoms with Gasteiger partial charge in [-0.3, -0.25) is 4.79 Å². The van der Waals surface area contributed by atoms with Gasteiger partial charge in [-0.05, 0) is 25.0 Å². The average molecular weight is 281 g/mol. The Balaban J connectivity index is 1.76. The van der Waals surface area contributed by atoms with E-state index in [1.807, 2.05) is 24.3 Å². The predicted molar refractivity (Wildman–Crippen MR) is 79.6 cm³/mol. The molecule has 0 unspecified atom stereocenters. The Labute approximate surface area is 119 Å². The van der Waals surface area contributed by atoms with Crippen molar-refractivity contribution in [3.8, 4) is 0 Å². The van der Waals surface area contributed by atoms with Crippen molar-refractivity contribution in [2.75, 3.05) is 11.9 Å². The molecule has 1 aliphatic carbocycles. The zero-order chi connectivity index (χ0) is 13.5. The molecule has 3 nitrogen and oxygen atoms in total. The van der Waals surface area contributed by atoms with Gasteiger partial charge in [0.05, 0.1) is 17.3 Å². The van der Waals surface area contributed by atoms with E-state index < -0.39 is 0 Å². The maximum absolute atomic E-state index is 11.9. The highest BCUT2D eigenvalue weighted by molar-refractivity contribution is 6.33. The van der Waals surface area contributed by atoms with Crippen LogP contribution in [-0.4, -0.2) is 18.5 Å². The Morgan fingerprint density at radius 1 is 1.16 bits per heavy atom. The molecule has 4 heteroatoms. The molecule has 0 radical (unpaired) electrons. The molecule has 104 valence electrons. The summed E-state index contributed by atoms with van der Waals surface area (Å²) in [4.78, 5) is 11.9. The van der Waals surface area contributed by atoms with E-state index in [0.717, 1.165) is 18.5 Å². The maximum Gasteiger partial charge on any atom is 0.239 e. The fourth-order valence-corrected chi connectivity index (χ4v) is 2.69. The third-order valence-electron chi connectivity index (χ3n) is 3.53. The highest BCUT2D eigenvalue weighted by atomic mass is 35.5. The average Bonchev–Trinajstić information content (AvgIpc) is 2.66. The number of carbonyl (C=O) groups excluding carboxylic acids is 1. The lowest BCUT2D eigenvalue weighted by Crippen LogP contribution is -2.38. The quantitative estimate of drug-likeness (QED) is 0.828. The van der Waals surface area contributed by atoms with E-state index in [1.165, 1.54) is 25.7 Å². The molecule has 0 bridgehead atoms. The minimum Gasteiger partial charge on any atom is -0.375 e. The minimum absolute atomic E-state index is 0.0480. The van der Waals surface area contributed by atoms with Gasteiger partial charge in [-0.15, -0.1) is 0 Å². The number of hydrogen-bond donors (Lipinski definition) is 2. The van der Waals surface area contributed by atoms with Crippen molar-refractivity contribution in [3.05, 3.63) is 29.3 Å². The summed E-state index contributed by atoms with van der Waals surface area (Å²) in [7, 11) is 0. The SMILES string of the molecule is O=C(CNc1ccccc1Cl)NC1CCCCCC1. The van der Waals surface area contributed by atoms with Crippen molar-refractivity contribution >= 4 is 23.2 Å². The molecular weight excluding hydrogens is 260 g/mol. The Morgan fingerprint density at radius 2 is 1.84 bits per heavy atom. The molecule has 0 aliphatic heterocycles. The monoisotopic (exact) mass is 280 g/mol. The first kappa shape index (κ1) is 14.2. The Hall–Kier alpha value is -1.22. The predicted octanol–water partition coefficient (Wildman–Crippen LogP) is 3.59. The molecule has 1 saturated carbocycles. The van der Waals surface area contributed by atoms with Gasteiger partial charge in [0.2, 0.25) is 5.91 Å². The van der Waals surface area contributed by atoms with Crippen molar-refractivity contribution in [2.45, 2.75) is 44.6 Å². The van der Waals surface area contributed by atoms with Gasteiger partial charge < -0.3 is 10.6 Å². The normalized spacial score (nSPS) is 16.7. The zero-order valence-electron chi connectivity index (χ0n) is 11.1. The van der Waals surface area contributed by atoms with E-state index in [-0.39, 0.29) is 12.5 Å². The lowest BCUT2D eigenvalue weighted by Gasteiger charge is -2.16. The third-order valence-corrected chi connectivity index (χ3v) is 3.86. The van der Waals surface area contributed by atoms with Crippen LogP contribution in [0.25, 0.3) is 0 Å². The highest BCUT2D eigenvalue weighted by Gasteiger charge is 2.14. The summed E-state index contributed by atoms with van der Waals surface area (Å²) in [6, 6.07) is 7.81. The molecule has 0 heterocycles. The topological polar surface area (TPSA) is 41.1 Å². The molecule has 0 atom stereocenters. The van der Waals surface area contributed by atoms with E-state index >= 15 is 0 Å². The van der Waals surface area contributed by atoms with Gasteiger partial charge in [-0.2, -0.15) is 0 Å². The molecule has 2 rings (SSSR count). The van der Waals surface area contributed by atoms with Gasteiger partial charge in [0.15, 0.2) is 0 Å². The number of carbonyl (C=O) groups is 1. The van der Waals surface area contributed by atoms with Crippen LogP contribution in [0.2, 0.25) is 5.02 Å². The van der Waals surface area contributed by atoms with Gasteiger partial charge >= 0.3 is 0 Å². The van der Waals surface area contributed by atoms with E-state index in [1.54, 1.807) is 0 Å². The smallest absolute Gasteiger partial charge is 0.239 e. The van der Waals surface area contributed by atoms with Crippen LogP contribution in [0, 0.1) is 0 Å². The third kappa shape index (κ3) is 4.75. The lowest BCUT2D eigenvalue weighted by atomic mass is 10.1. The second-order valence-electron chi connectivity index (χ2n) is 5.09. The number of nitrogens with one attached hydrogen (secondary N) is 2. The van der Waals surface area contributed by atoms with E-state index in [9.17, 15) is 4.79 Å². The van der Waals surface area contributed by atoms with E-state index in [4.69, 9.17) is 11.6 Å². The van der Waals surface area contributed by atoms with Crippen LogP contribution in [0.4, 0.5) is 5.69 Å². The van der Waals surface area contributed by atoms with Crippen molar-refractivity contribution in [1.29, 1.82) is 0 Å². The molecular formula is C15H21ClN2O. The van der Waals surface area contributed by atoms with Crippen LogP contribution >= 0.6 is 11.6 Å². The maximum atomic E-state index is 11.9. The van der Waals surface area contributed by atoms with Gasteiger partial charge in [0.25, 0.3) is 0 Å². The summed E-state index contributed by atoms with van der Waals surface area (Å²) < 4.78 is 0. The molecule has 2 N–H and O–H groups in total. The summed E-state index contributed by atoms with van der Waals surface area (Å²) in [6.45, 7) is 0.278. The lowest BCUT2D eigenvalue weighted by molar-refractivity contribution is -0.120. The van der Waals surface area contributed by atoms with Gasteiger partial charge in [-0.1, -0.05) is 49.4 Å². The minimum atomic E-state index is 0.0480. The van der Waals surface area contributed by atoms with Crippen molar-refractivity contribution in [1.82, 2.24) is 5.32 Å². The highest BCUT2D eigenvalue weighted by Crippen LogP contribution is 2.20. The summed E-state index contributed by atoms with van der Waals surface area (Å²) >= 11 is 6.03. The van der Waals surface area contributed by atoms with Crippen LogP contribution in [0.5, 0.6) is 0 Å². The zero-order valence-corrected chi connectivity index (χ0v) is 11.9. The van der Waals surface area contributed by atoms with Crippen LogP contribution in [0.15, 0.2) is 24.3 Å². The summed E-state index contributed by atoms with van der Waals surface area (Å²) in [5, 5.41) is 6.82. The Bertz CT molecular complexity index is 414. The molecule has 1 aliphatic rings. The van der Waals surface area contributed by atoms with Crippen LogP contribution < -0.4 is 10.6 Å². The fraction of sp³-hybridized carbons (Fsp3) is 0.533. The van der Waals surface area contributed by atoms with E-state index in [2.05, 4.69) is 10.6 Å². The fourth-order valence-electron chi connectivity index (χ4n) is 2.48. The molecule has 1 aromatic rings. The largest absolute Gasteiger partial charge is 0.375 e. The molecule has 0 saturated heterocycles. The van der Waals surface area contributed by atoms with Crippen LogP contribution in [-0.2, 0) is 4.79 Å². The molecule has 1 aromatic carbocycles. The first-order valence-electron chi connectivity index (χ1n) is 7.03. The number of anilines is 1. The number of amides is 1. The second-order valence-corrected chi connectivity index (χ2v) is 5.50. The van der Waals surface area contributed by atoms with Crippen LogP contribution in [0.1, 0.15) is 38.5 Å².